The Labute approximate surface area is 113 Å². The second-order valence-electron chi connectivity index (χ2n) is 4.83. The van der Waals surface area contributed by atoms with Crippen LogP contribution < -0.4 is 4.90 Å². The van der Waals surface area contributed by atoms with Gasteiger partial charge in [-0.15, -0.1) is 0 Å². The van der Waals surface area contributed by atoms with Gasteiger partial charge in [0.25, 0.3) is 0 Å². The Bertz CT molecular complexity index is 496. The molecule has 1 fully saturated rings. The van der Waals surface area contributed by atoms with Gasteiger partial charge in [0.2, 0.25) is 0 Å². The molecule has 1 aliphatic rings. The Balaban J connectivity index is 2.21. The molecule has 1 aliphatic heterocycles. The van der Waals surface area contributed by atoms with E-state index >= 15 is 0 Å². The molecule has 1 heterocycles. The summed E-state index contributed by atoms with van der Waals surface area (Å²) in [5.41, 5.74) is 3.26. The van der Waals surface area contributed by atoms with Crippen molar-refractivity contribution in [3.8, 4) is 0 Å². The second-order valence-corrected chi connectivity index (χ2v) is 4.83. The van der Waals surface area contributed by atoms with Gasteiger partial charge in [0.15, 0.2) is 0 Å². The molecule has 0 bridgehead atoms. The molecule has 2 rings (SSSR count). The zero-order valence-electron chi connectivity index (χ0n) is 11.3. The van der Waals surface area contributed by atoms with Crippen molar-refractivity contribution in [2.24, 2.45) is 0 Å². The Hall–Kier alpha value is -1.81. The molecule has 19 heavy (non-hydrogen) atoms. The molecule has 0 aromatic heterocycles. The standard InChI is InChI=1S/C15H19NO3/c1-11-9-13(4-6-15(17)18)3-5-14(11)16-7-8-19-10-12(16)2/h3-6,9,12H,7-8,10H2,1-2H3,(H,17,18). The predicted octanol–water partition coefficient (Wildman–Crippen LogP) is 2.32. The molecule has 0 radical (unpaired) electrons. The average Bonchev–Trinajstić information content (AvgIpc) is 2.38. The summed E-state index contributed by atoms with van der Waals surface area (Å²) in [7, 11) is 0. The van der Waals surface area contributed by atoms with Gasteiger partial charge in [-0.1, -0.05) is 6.07 Å². The highest BCUT2D eigenvalue weighted by Gasteiger charge is 2.20. The van der Waals surface area contributed by atoms with Gasteiger partial charge in [-0.25, -0.2) is 4.79 Å². The van der Waals surface area contributed by atoms with Crippen LogP contribution in [0.15, 0.2) is 24.3 Å². The third-order valence-electron chi connectivity index (χ3n) is 3.32. The van der Waals surface area contributed by atoms with Crippen LogP contribution in [0.25, 0.3) is 6.08 Å². The van der Waals surface area contributed by atoms with Crippen LogP contribution in [0, 0.1) is 6.92 Å². The molecule has 0 amide bonds. The topological polar surface area (TPSA) is 49.8 Å². The normalized spacial score (nSPS) is 19.9. The van der Waals surface area contributed by atoms with Crippen molar-refractivity contribution in [1.82, 2.24) is 0 Å². The summed E-state index contributed by atoms with van der Waals surface area (Å²) >= 11 is 0. The van der Waals surface area contributed by atoms with Crippen molar-refractivity contribution in [2.75, 3.05) is 24.7 Å². The zero-order chi connectivity index (χ0) is 13.8. The van der Waals surface area contributed by atoms with E-state index in [2.05, 4.69) is 24.8 Å². The number of aryl methyl sites for hydroxylation is 1. The maximum Gasteiger partial charge on any atom is 0.328 e. The summed E-state index contributed by atoms with van der Waals surface area (Å²) in [6.45, 7) is 6.60. The molecule has 0 saturated carbocycles. The van der Waals surface area contributed by atoms with Gasteiger partial charge in [-0.05, 0) is 43.2 Å². The minimum atomic E-state index is -0.927. The Morgan fingerprint density at radius 3 is 2.95 bits per heavy atom. The maximum absolute atomic E-state index is 10.5. The lowest BCUT2D eigenvalue weighted by Gasteiger charge is -2.36. The number of rotatable bonds is 3. The Morgan fingerprint density at radius 1 is 1.53 bits per heavy atom. The van der Waals surface area contributed by atoms with Crippen LogP contribution in [0.5, 0.6) is 0 Å². The summed E-state index contributed by atoms with van der Waals surface area (Å²) in [5.74, 6) is -0.927. The molecule has 1 atom stereocenters. The Morgan fingerprint density at radius 2 is 2.32 bits per heavy atom. The van der Waals surface area contributed by atoms with Crippen molar-refractivity contribution >= 4 is 17.7 Å². The van der Waals surface area contributed by atoms with Crippen LogP contribution in [0.2, 0.25) is 0 Å². The second kappa shape index (κ2) is 5.89. The number of carboxylic acids is 1. The van der Waals surface area contributed by atoms with Crippen LogP contribution in [-0.2, 0) is 9.53 Å². The molecule has 0 spiro atoms. The summed E-state index contributed by atoms with van der Waals surface area (Å²) in [4.78, 5) is 12.8. The third-order valence-corrected chi connectivity index (χ3v) is 3.32. The van der Waals surface area contributed by atoms with Crippen molar-refractivity contribution in [1.29, 1.82) is 0 Å². The first-order chi connectivity index (χ1) is 9.08. The van der Waals surface area contributed by atoms with Crippen LogP contribution >= 0.6 is 0 Å². The van der Waals surface area contributed by atoms with Crippen LogP contribution in [0.1, 0.15) is 18.1 Å². The average molecular weight is 261 g/mol. The van der Waals surface area contributed by atoms with E-state index in [9.17, 15) is 4.79 Å². The lowest BCUT2D eigenvalue weighted by molar-refractivity contribution is -0.131. The molecule has 1 unspecified atom stereocenters. The first-order valence-electron chi connectivity index (χ1n) is 6.44. The van der Waals surface area contributed by atoms with Crippen LogP contribution in [0.3, 0.4) is 0 Å². The van der Waals surface area contributed by atoms with E-state index < -0.39 is 5.97 Å². The highest BCUT2D eigenvalue weighted by molar-refractivity contribution is 5.85. The minimum absolute atomic E-state index is 0.368. The molecule has 1 N–H and O–H groups in total. The minimum Gasteiger partial charge on any atom is -0.478 e. The molecular formula is C15H19NO3. The molecule has 4 heteroatoms. The summed E-state index contributed by atoms with van der Waals surface area (Å²) in [5, 5.41) is 8.63. The fraction of sp³-hybridized carbons (Fsp3) is 0.400. The van der Waals surface area contributed by atoms with Crippen molar-refractivity contribution in [3.63, 3.8) is 0 Å². The fourth-order valence-corrected chi connectivity index (χ4v) is 2.36. The number of hydrogen-bond donors (Lipinski definition) is 1. The molecule has 1 aromatic carbocycles. The summed E-state index contributed by atoms with van der Waals surface area (Å²) in [6.07, 6.45) is 2.77. The van der Waals surface area contributed by atoms with Crippen LogP contribution in [0.4, 0.5) is 5.69 Å². The maximum atomic E-state index is 10.5. The quantitative estimate of drug-likeness (QED) is 0.848. The number of nitrogens with zero attached hydrogens (tertiary/aromatic N) is 1. The zero-order valence-corrected chi connectivity index (χ0v) is 11.3. The van der Waals surface area contributed by atoms with E-state index in [1.54, 1.807) is 6.08 Å². The predicted molar refractivity (Wildman–Crippen MR) is 75.5 cm³/mol. The summed E-state index contributed by atoms with van der Waals surface area (Å²) < 4.78 is 5.44. The van der Waals surface area contributed by atoms with E-state index in [4.69, 9.17) is 9.84 Å². The van der Waals surface area contributed by atoms with E-state index in [1.165, 1.54) is 5.69 Å². The first-order valence-corrected chi connectivity index (χ1v) is 6.44. The molecular weight excluding hydrogens is 242 g/mol. The largest absolute Gasteiger partial charge is 0.478 e. The number of hydrogen-bond acceptors (Lipinski definition) is 3. The number of anilines is 1. The van der Waals surface area contributed by atoms with E-state index in [0.717, 1.165) is 37.0 Å². The first kappa shape index (κ1) is 13.6. The van der Waals surface area contributed by atoms with Crippen LogP contribution in [-0.4, -0.2) is 36.9 Å². The van der Waals surface area contributed by atoms with Crippen molar-refractivity contribution in [2.45, 2.75) is 19.9 Å². The number of carboxylic acid groups (broad SMARTS) is 1. The smallest absolute Gasteiger partial charge is 0.328 e. The van der Waals surface area contributed by atoms with Gasteiger partial charge in [0.1, 0.15) is 0 Å². The molecule has 1 aromatic rings. The molecule has 4 nitrogen and oxygen atoms in total. The van der Waals surface area contributed by atoms with Gasteiger partial charge in [-0.2, -0.15) is 0 Å². The lowest BCUT2D eigenvalue weighted by atomic mass is 10.1. The van der Waals surface area contributed by atoms with Gasteiger partial charge in [-0.3, -0.25) is 0 Å². The number of morpholine rings is 1. The van der Waals surface area contributed by atoms with E-state index in [-0.39, 0.29) is 0 Å². The number of ether oxygens (including phenoxy) is 1. The van der Waals surface area contributed by atoms with Gasteiger partial charge >= 0.3 is 5.97 Å². The number of aliphatic carboxylic acids is 1. The molecule has 1 saturated heterocycles. The van der Waals surface area contributed by atoms with E-state index in [1.807, 2.05) is 12.1 Å². The number of carbonyl (C=O) groups is 1. The number of benzene rings is 1. The van der Waals surface area contributed by atoms with Gasteiger partial charge in [0.05, 0.1) is 13.2 Å². The fourth-order valence-electron chi connectivity index (χ4n) is 2.36. The summed E-state index contributed by atoms with van der Waals surface area (Å²) in [6, 6.07) is 6.38. The monoisotopic (exact) mass is 261 g/mol. The SMILES string of the molecule is Cc1cc(C=CC(=O)O)ccc1N1CCOCC1C. The van der Waals surface area contributed by atoms with Crippen molar-refractivity contribution in [3.05, 3.63) is 35.4 Å². The van der Waals surface area contributed by atoms with Gasteiger partial charge in [0, 0.05) is 24.4 Å². The highest BCUT2D eigenvalue weighted by Crippen LogP contribution is 2.25. The Kier molecular flexibility index (Phi) is 4.22. The van der Waals surface area contributed by atoms with Crippen molar-refractivity contribution < 1.29 is 14.6 Å². The molecule has 0 aliphatic carbocycles. The lowest BCUT2D eigenvalue weighted by Crippen LogP contribution is -2.44. The van der Waals surface area contributed by atoms with E-state index in [0.29, 0.717) is 6.04 Å². The molecule has 102 valence electrons. The third kappa shape index (κ3) is 3.35. The van der Waals surface area contributed by atoms with Gasteiger partial charge < -0.3 is 14.7 Å². The highest BCUT2D eigenvalue weighted by atomic mass is 16.5.